The van der Waals surface area contributed by atoms with Crippen LogP contribution in [-0.2, 0) is 6.54 Å². The van der Waals surface area contributed by atoms with Gasteiger partial charge < -0.3 is 31.4 Å². The highest BCUT2D eigenvalue weighted by molar-refractivity contribution is 5.78. The second kappa shape index (κ2) is 6.68. The molecule has 0 bridgehead atoms. The molecule has 2 atom stereocenters. The van der Waals surface area contributed by atoms with Crippen molar-refractivity contribution in [1.29, 1.82) is 0 Å². The van der Waals surface area contributed by atoms with Gasteiger partial charge in [-0.05, 0) is 0 Å². The lowest BCUT2D eigenvalue weighted by atomic mass is 10.0. The van der Waals surface area contributed by atoms with Gasteiger partial charge in [0, 0.05) is 37.4 Å². The van der Waals surface area contributed by atoms with Crippen molar-refractivity contribution in [1.82, 2.24) is 20.3 Å². The molecule has 0 spiro atoms. The van der Waals surface area contributed by atoms with E-state index in [1.54, 1.807) is 6.20 Å². The minimum absolute atomic E-state index is 0.0392. The van der Waals surface area contributed by atoms with Gasteiger partial charge in [-0.2, -0.15) is 0 Å². The molecule has 9 heteroatoms. The predicted molar refractivity (Wildman–Crippen MR) is 76.5 cm³/mol. The average molecular weight is 297 g/mol. The summed E-state index contributed by atoms with van der Waals surface area (Å²) in [7, 11) is 0. The van der Waals surface area contributed by atoms with Crippen LogP contribution in [0.1, 0.15) is 5.56 Å². The van der Waals surface area contributed by atoms with E-state index in [0.29, 0.717) is 24.1 Å². The van der Waals surface area contributed by atoms with E-state index >= 15 is 0 Å². The molecule has 0 aliphatic rings. The number of hydrogen-bond donors (Lipinski definition) is 7. The maximum absolute atomic E-state index is 11.6. The van der Waals surface area contributed by atoms with Gasteiger partial charge in [0.2, 0.25) is 5.95 Å². The van der Waals surface area contributed by atoms with Gasteiger partial charge in [0.05, 0.1) is 12.7 Å². The van der Waals surface area contributed by atoms with Crippen molar-refractivity contribution < 1.29 is 15.3 Å². The summed E-state index contributed by atoms with van der Waals surface area (Å²) in [6.45, 7) is 0.0368. The number of hydrogen-bond acceptors (Lipinski definition) is 7. The maximum Gasteiger partial charge on any atom is 0.276 e. The Bertz CT molecular complexity index is 653. The lowest BCUT2D eigenvalue weighted by molar-refractivity contribution is 0.0228. The van der Waals surface area contributed by atoms with Crippen molar-refractivity contribution >= 4 is 17.0 Å². The smallest absolute Gasteiger partial charge is 0.276 e. The van der Waals surface area contributed by atoms with E-state index in [4.69, 9.17) is 15.9 Å². The van der Waals surface area contributed by atoms with Gasteiger partial charge in [0.15, 0.2) is 0 Å². The van der Waals surface area contributed by atoms with E-state index in [0.717, 1.165) is 5.56 Å². The van der Waals surface area contributed by atoms with E-state index in [-0.39, 0.29) is 18.1 Å². The average Bonchev–Trinajstić information content (AvgIpc) is 2.86. The highest BCUT2D eigenvalue weighted by Crippen LogP contribution is 2.13. The van der Waals surface area contributed by atoms with E-state index in [1.807, 2.05) is 0 Å². The van der Waals surface area contributed by atoms with Gasteiger partial charge in [0.25, 0.3) is 5.56 Å². The summed E-state index contributed by atoms with van der Waals surface area (Å²) in [5.41, 5.74) is 6.74. The van der Waals surface area contributed by atoms with Crippen LogP contribution in [-0.4, -0.2) is 56.1 Å². The molecule has 0 saturated heterocycles. The van der Waals surface area contributed by atoms with E-state index in [1.165, 1.54) is 0 Å². The van der Waals surface area contributed by atoms with Gasteiger partial charge >= 0.3 is 0 Å². The largest absolute Gasteiger partial charge is 0.396 e. The summed E-state index contributed by atoms with van der Waals surface area (Å²) in [6, 6.07) is 0. The van der Waals surface area contributed by atoms with Crippen LogP contribution >= 0.6 is 0 Å². The van der Waals surface area contributed by atoms with Crippen LogP contribution in [0.15, 0.2) is 11.0 Å². The molecule has 0 aliphatic carbocycles. The van der Waals surface area contributed by atoms with Gasteiger partial charge in [-0.3, -0.25) is 9.78 Å². The molecule has 2 aromatic rings. The Morgan fingerprint density at radius 1 is 1.38 bits per heavy atom. The minimum atomic E-state index is -0.984. The molecule has 0 fully saturated rings. The summed E-state index contributed by atoms with van der Waals surface area (Å²) >= 11 is 0. The zero-order valence-corrected chi connectivity index (χ0v) is 11.3. The summed E-state index contributed by atoms with van der Waals surface area (Å²) in [4.78, 5) is 21.0. The van der Waals surface area contributed by atoms with Crippen LogP contribution in [0.5, 0.6) is 0 Å². The number of nitrogens with one attached hydrogen (secondary N) is 3. The molecule has 9 nitrogen and oxygen atoms in total. The lowest BCUT2D eigenvalue weighted by Gasteiger charge is -2.19. The topological polar surface area (TPSA) is 160 Å². The third-order valence-electron chi connectivity index (χ3n) is 3.32. The lowest BCUT2D eigenvalue weighted by Crippen LogP contribution is -2.35. The number of fused-ring (bicyclic) bond motifs is 1. The van der Waals surface area contributed by atoms with Crippen molar-refractivity contribution in [3.8, 4) is 0 Å². The minimum Gasteiger partial charge on any atom is -0.396 e. The Morgan fingerprint density at radius 3 is 2.81 bits per heavy atom. The monoisotopic (exact) mass is 297 g/mol. The van der Waals surface area contributed by atoms with Gasteiger partial charge in [-0.15, -0.1) is 0 Å². The number of nitrogen functional groups attached to an aromatic ring is 1. The number of H-pyrrole nitrogens is 2. The molecule has 0 aromatic carbocycles. The van der Waals surface area contributed by atoms with Gasteiger partial charge in [-0.1, -0.05) is 0 Å². The number of aromatic amines is 2. The molecule has 0 amide bonds. The summed E-state index contributed by atoms with van der Waals surface area (Å²) < 4.78 is 0. The Balaban J connectivity index is 2.06. The molecule has 0 unspecified atom stereocenters. The number of aliphatic hydroxyl groups excluding tert-OH is 3. The number of rotatable bonds is 7. The number of aromatic nitrogens is 3. The second-order valence-corrected chi connectivity index (χ2v) is 4.81. The molecular formula is C12H19N5O4. The fourth-order valence-electron chi connectivity index (χ4n) is 2.08. The van der Waals surface area contributed by atoms with Crippen LogP contribution < -0.4 is 16.6 Å². The van der Waals surface area contributed by atoms with Crippen molar-refractivity contribution in [3.63, 3.8) is 0 Å². The molecule has 116 valence electrons. The molecule has 0 saturated carbocycles. The van der Waals surface area contributed by atoms with Crippen molar-refractivity contribution in [2.45, 2.75) is 12.6 Å². The first-order valence-corrected chi connectivity index (χ1v) is 6.53. The normalized spacial score (nSPS) is 14.4. The Labute approximate surface area is 119 Å². The SMILES string of the molecule is Nc1nc2c(CNC[C@@H](CO)[C@H](O)CO)c[nH]c2c(=O)[nH]1. The first-order valence-electron chi connectivity index (χ1n) is 6.53. The number of nitrogens with two attached hydrogens (primary N) is 1. The number of aliphatic hydroxyl groups is 3. The first kappa shape index (κ1) is 15.4. The fraction of sp³-hybridized carbons (Fsp3) is 0.500. The molecule has 21 heavy (non-hydrogen) atoms. The predicted octanol–water partition coefficient (Wildman–Crippen LogP) is -2.12. The van der Waals surface area contributed by atoms with Gasteiger partial charge in [0.1, 0.15) is 11.0 Å². The molecule has 2 aromatic heterocycles. The zero-order valence-electron chi connectivity index (χ0n) is 11.3. The first-order chi connectivity index (χ1) is 10.1. The van der Waals surface area contributed by atoms with E-state index < -0.39 is 18.6 Å². The van der Waals surface area contributed by atoms with Crippen LogP contribution in [0.25, 0.3) is 11.0 Å². The molecular weight excluding hydrogens is 278 g/mol. The van der Waals surface area contributed by atoms with Crippen LogP contribution in [0.2, 0.25) is 0 Å². The van der Waals surface area contributed by atoms with Crippen molar-refractivity contribution in [2.24, 2.45) is 5.92 Å². The quantitative estimate of drug-likeness (QED) is 0.307. The third kappa shape index (κ3) is 3.39. The molecule has 2 rings (SSSR count). The van der Waals surface area contributed by atoms with Crippen LogP contribution in [0.4, 0.5) is 5.95 Å². The highest BCUT2D eigenvalue weighted by atomic mass is 16.3. The summed E-state index contributed by atoms with van der Waals surface area (Å²) in [5, 5.41) is 30.5. The maximum atomic E-state index is 11.6. The second-order valence-electron chi connectivity index (χ2n) is 4.81. The Kier molecular flexibility index (Phi) is 4.91. The zero-order chi connectivity index (χ0) is 15.4. The number of nitrogens with zero attached hydrogens (tertiary/aromatic N) is 1. The molecule has 2 heterocycles. The molecule has 0 radical (unpaired) electrons. The van der Waals surface area contributed by atoms with Crippen LogP contribution in [0, 0.1) is 5.92 Å². The molecule has 8 N–H and O–H groups in total. The van der Waals surface area contributed by atoms with Crippen molar-refractivity contribution in [2.75, 3.05) is 25.5 Å². The van der Waals surface area contributed by atoms with E-state index in [9.17, 15) is 9.90 Å². The standard InChI is InChI=1S/C12H19N5O4/c13-12-16-9-6(3-15-10(9)11(21)17-12)1-14-2-7(4-18)8(20)5-19/h3,7-8,14-15,18-20H,1-2,4-5H2,(H3,13,16,17,21)/t7-,8+/m0/s1. The fourth-order valence-corrected chi connectivity index (χ4v) is 2.08. The Hall–Kier alpha value is -1.94. The summed E-state index contributed by atoms with van der Waals surface area (Å²) in [6.07, 6.45) is 0.664. The highest BCUT2D eigenvalue weighted by Gasteiger charge is 2.17. The molecule has 0 aliphatic heterocycles. The van der Waals surface area contributed by atoms with Gasteiger partial charge in [-0.25, -0.2) is 4.98 Å². The number of anilines is 1. The van der Waals surface area contributed by atoms with E-state index in [2.05, 4.69) is 20.3 Å². The third-order valence-corrected chi connectivity index (χ3v) is 3.32. The summed E-state index contributed by atoms with van der Waals surface area (Å²) in [5.74, 6) is -0.432. The van der Waals surface area contributed by atoms with Crippen LogP contribution in [0.3, 0.4) is 0 Å². The Morgan fingerprint density at radius 2 is 2.14 bits per heavy atom. The van der Waals surface area contributed by atoms with Crippen molar-refractivity contribution in [3.05, 3.63) is 22.1 Å².